The quantitative estimate of drug-likeness (QED) is 0.730. The van der Waals surface area contributed by atoms with Crippen molar-refractivity contribution < 1.29 is 19.4 Å². The van der Waals surface area contributed by atoms with Crippen molar-refractivity contribution in [2.24, 2.45) is 5.92 Å². The average Bonchev–Trinajstić information content (AvgIpc) is 3.16. The Morgan fingerprint density at radius 3 is 3.14 bits per heavy atom. The third-order valence-corrected chi connectivity index (χ3v) is 3.93. The van der Waals surface area contributed by atoms with E-state index in [9.17, 15) is 4.79 Å². The SMILES string of the molecule is CCn1cc([C@H]2OCC[C@@H]2C(=O)NC(CCO)COC)cn1. The smallest absolute Gasteiger partial charge is 0.226 e. The summed E-state index contributed by atoms with van der Waals surface area (Å²) in [5.41, 5.74) is 0.935. The zero-order chi connectivity index (χ0) is 15.9. The molecule has 124 valence electrons. The summed E-state index contributed by atoms with van der Waals surface area (Å²) >= 11 is 0. The number of aromatic nitrogens is 2. The number of nitrogens with one attached hydrogen (secondary N) is 1. The monoisotopic (exact) mass is 311 g/mol. The number of hydrogen-bond acceptors (Lipinski definition) is 5. The van der Waals surface area contributed by atoms with Gasteiger partial charge < -0.3 is 19.9 Å². The maximum absolute atomic E-state index is 12.5. The summed E-state index contributed by atoms with van der Waals surface area (Å²) in [7, 11) is 1.58. The van der Waals surface area contributed by atoms with Gasteiger partial charge in [0.25, 0.3) is 0 Å². The second kappa shape index (κ2) is 8.26. The van der Waals surface area contributed by atoms with Gasteiger partial charge in [-0.2, -0.15) is 5.10 Å². The van der Waals surface area contributed by atoms with Crippen molar-refractivity contribution in [1.29, 1.82) is 0 Å². The molecule has 0 spiro atoms. The molecule has 0 saturated carbocycles. The summed E-state index contributed by atoms with van der Waals surface area (Å²) in [5.74, 6) is -0.283. The minimum Gasteiger partial charge on any atom is -0.396 e. The minimum atomic E-state index is -0.252. The van der Waals surface area contributed by atoms with Gasteiger partial charge in [-0.3, -0.25) is 9.48 Å². The molecule has 1 fully saturated rings. The maximum Gasteiger partial charge on any atom is 0.226 e. The van der Waals surface area contributed by atoms with Crippen LogP contribution in [0.5, 0.6) is 0 Å². The normalized spacial score (nSPS) is 22.7. The Morgan fingerprint density at radius 2 is 2.50 bits per heavy atom. The predicted octanol–water partition coefficient (Wildman–Crippen LogP) is 0.494. The third kappa shape index (κ3) is 4.06. The first-order chi connectivity index (χ1) is 10.7. The number of amides is 1. The first kappa shape index (κ1) is 16.9. The van der Waals surface area contributed by atoms with E-state index in [1.54, 1.807) is 13.3 Å². The van der Waals surface area contributed by atoms with Crippen LogP contribution in [0.3, 0.4) is 0 Å². The molecule has 1 amide bonds. The number of aliphatic hydroxyl groups excluding tert-OH is 1. The number of methoxy groups -OCH3 is 1. The molecule has 1 aliphatic heterocycles. The second-order valence-corrected chi connectivity index (χ2v) is 5.49. The van der Waals surface area contributed by atoms with E-state index in [2.05, 4.69) is 10.4 Å². The Hall–Kier alpha value is -1.44. The molecule has 7 heteroatoms. The van der Waals surface area contributed by atoms with E-state index in [1.807, 2.05) is 17.8 Å². The zero-order valence-electron chi connectivity index (χ0n) is 13.2. The molecular formula is C15H25N3O4. The van der Waals surface area contributed by atoms with Crippen LogP contribution in [0, 0.1) is 5.92 Å². The van der Waals surface area contributed by atoms with E-state index >= 15 is 0 Å². The third-order valence-electron chi connectivity index (χ3n) is 3.93. The highest BCUT2D eigenvalue weighted by molar-refractivity contribution is 5.80. The molecule has 0 radical (unpaired) electrons. The first-order valence-corrected chi connectivity index (χ1v) is 7.73. The number of aliphatic hydroxyl groups is 1. The van der Waals surface area contributed by atoms with Crippen molar-refractivity contribution in [3.63, 3.8) is 0 Å². The van der Waals surface area contributed by atoms with Gasteiger partial charge in [0.05, 0.1) is 30.9 Å². The van der Waals surface area contributed by atoms with Gasteiger partial charge in [0.15, 0.2) is 0 Å². The van der Waals surface area contributed by atoms with Crippen LogP contribution in [-0.4, -0.2) is 53.8 Å². The molecule has 2 N–H and O–H groups in total. The molecule has 0 aliphatic carbocycles. The van der Waals surface area contributed by atoms with Crippen LogP contribution >= 0.6 is 0 Å². The largest absolute Gasteiger partial charge is 0.396 e. The van der Waals surface area contributed by atoms with E-state index in [4.69, 9.17) is 14.6 Å². The van der Waals surface area contributed by atoms with Crippen LogP contribution in [0.15, 0.2) is 12.4 Å². The molecule has 0 bridgehead atoms. The summed E-state index contributed by atoms with van der Waals surface area (Å²) in [6.07, 6.45) is 4.60. The molecule has 0 aromatic carbocycles. The summed E-state index contributed by atoms with van der Waals surface area (Å²) < 4.78 is 12.6. The minimum absolute atomic E-state index is 0.0160. The molecule has 3 atom stereocenters. The molecule has 1 aromatic heterocycles. The van der Waals surface area contributed by atoms with E-state index in [0.29, 0.717) is 26.1 Å². The summed E-state index contributed by atoms with van der Waals surface area (Å²) in [6, 6.07) is -0.179. The Labute approximate surface area is 130 Å². The molecule has 1 saturated heterocycles. The summed E-state index contributed by atoms with van der Waals surface area (Å²) in [5, 5.41) is 16.3. The number of rotatable bonds is 8. The first-order valence-electron chi connectivity index (χ1n) is 7.73. The Bertz CT molecular complexity index is 471. The molecule has 2 rings (SSSR count). The predicted molar refractivity (Wildman–Crippen MR) is 80.2 cm³/mol. The fourth-order valence-corrected chi connectivity index (χ4v) is 2.75. The Kier molecular flexibility index (Phi) is 6.35. The second-order valence-electron chi connectivity index (χ2n) is 5.49. The van der Waals surface area contributed by atoms with E-state index < -0.39 is 0 Å². The lowest BCUT2D eigenvalue weighted by Crippen LogP contribution is -2.42. The lowest BCUT2D eigenvalue weighted by Gasteiger charge is -2.22. The van der Waals surface area contributed by atoms with Crippen LogP contribution in [0.25, 0.3) is 0 Å². The number of hydrogen-bond donors (Lipinski definition) is 2. The fourth-order valence-electron chi connectivity index (χ4n) is 2.75. The number of carbonyl (C=O) groups is 1. The maximum atomic E-state index is 12.5. The van der Waals surface area contributed by atoms with Crippen LogP contribution in [0.1, 0.15) is 31.4 Å². The Balaban J connectivity index is 2.01. The van der Waals surface area contributed by atoms with E-state index in [0.717, 1.165) is 12.1 Å². The molecular weight excluding hydrogens is 286 g/mol. The van der Waals surface area contributed by atoms with Gasteiger partial charge in [-0.25, -0.2) is 0 Å². The van der Waals surface area contributed by atoms with Crippen LogP contribution in [0.4, 0.5) is 0 Å². The molecule has 7 nitrogen and oxygen atoms in total. The van der Waals surface area contributed by atoms with Gasteiger partial charge in [0, 0.05) is 38.6 Å². The number of aryl methyl sites for hydroxylation is 1. The standard InChI is InChI=1S/C15H25N3O4/c1-3-18-9-11(8-16-18)14-13(5-7-22-14)15(20)17-12(4-6-19)10-21-2/h8-9,12-14,19H,3-7,10H2,1-2H3,(H,17,20)/t12?,13-,14+/m0/s1. The van der Waals surface area contributed by atoms with Gasteiger partial charge in [-0.1, -0.05) is 0 Å². The molecule has 22 heavy (non-hydrogen) atoms. The Morgan fingerprint density at radius 1 is 1.68 bits per heavy atom. The highest BCUT2D eigenvalue weighted by Gasteiger charge is 2.36. The summed E-state index contributed by atoms with van der Waals surface area (Å²) in [6.45, 7) is 3.77. The molecule has 1 unspecified atom stereocenters. The zero-order valence-corrected chi connectivity index (χ0v) is 13.2. The van der Waals surface area contributed by atoms with Crippen molar-refractivity contribution in [2.75, 3.05) is 26.9 Å². The van der Waals surface area contributed by atoms with Gasteiger partial charge in [0.2, 0.25) is 5.91 Å². The van der Waals surface area contributed by atoms with Gasteiger partial charge >= 0.3 is 0 Å². The van der Waals surface area contributed by atoms with E-state index in [1.165, 1.54) is 0 Å². The number of carbonyl (C=O) groups excluding carboxylic acids is 1. The van der Waals surface area contributed by atoms with Crippen molar-refractivity contribution in [2.45, 2.75) is 38.5 Å². The lowest BCUT2D eigenvalue weighted by molar-refractivity contribution is -0.128. The molecule has 2 heterocycles. The molecule has 1 aromatic rings. The highest BCUT2D eigenvalue weighted by Crippen LogP contribution is 2.34. The van der Waals surface area contributed by atoms with Gasteiger partial charge in [-0.15, -0.1) is 0 Å². The molecule has 1 aliphatic rings. The van der Waals surface area contributed by atoms with Crippen molar-refractivity contribution in [1.82, 2.24) is 15.1 Å². The van der Waals surface area contributed by atoms with Crippen molar-refractivity contribution >= 4 is 5.91 Å². The average molecular weight is 311 g/mol. The topological polar surface area (TPSA) is 85.6 Å². The van der Waals surface area contributed by atoms with Crippen molar-refractivity contribution in [3.8, 4) is 0 Å². The lowest BCUT2D eigenvalue weighted by atomic mass is 9.96. The van der Waals surface area contributed by atoms with Crippen LogP contribution in [0.2, 0.25) is 0 Å². The highest BCUT2D eigenvalue weighted by atomic mass is 16.5. The van der Waals surface area contributed by atoms with Crippen molar-refractivity contribution in [3.05, 3.63) is 18.0 Å². The number of nitrogens with zero attached hydrogens (tertiary/aromatic N) is 2. The van der Waals surface area contributed by atoms with E-state index in [-0.39, 0.29) is 30.6 Å². The summed E-state index contributed by atoms with van der Waals surface area (Å²) in [4.78, 5) is 12.5. The van der Waals surface area contributed by atoms with Crippen LogP contribution in [-0.2, 0) is 20.8 Å². The van der Waals surface area contributed by atoms with Gasteiger partial charge in [0.1, 0.15) is 0 Å². The van der Waals surface area contributed by atoms with Gasteiger partial charge in [-0.05, 0) is 19.8 Å². The fraction of sp³-hybridized carbons (Fsp3) is 0.733. The van der Waals surface area contributed by atoms with Crippen LogP contribution < -0.4 is 5.32 Å². The number of ether oxygens (including phenoxy) is 2.